The summed E-state index contributed by atoms with van der Waals surface area (Å²) >= 11 is 3.01. The molecule has 0 fully saturated rings. The second kappa shape index (κ2) is 9.14. The first-order valence-electron chi connectivity index (χ1n) is 10.9. The third-order valence-corrected chi connectivity index (χ3v) is 8.39. The van der Waals surface area contributed by atoms with Crippen molar-refractivity contribution in [2.45, 2.75) is 14.1 Å². The number of hydrogen-bond acceptors (Lipinski definition) is 4. The highest BCUT2D eigenvalue weighted by Crippen LogP contribution is 2.57. The van der Waals surface area contributed by atoms with Crippen LogP contribution in [0.4, 0.5) is 5.69 Å². The fraction of sp³-hybridized carbons (Fsp3) is 0.103. The molecule has 1 N–H and O–H groups in total. The van der Waals surface area contributed by atoms with E-state index in [1.165, 1.54) is 40.3 Å². The molecule has 164 valence electrons. The third-order valence-electron chi connectivity index (χ3n) is 5.71. The maximum absolute atomic E-state index is 11.8. The number of nitrogens with zero attached hydrogens (tertiary/aromatic N) is 1. The normalized spacial score (nSPS) is 14.4. The van der Waals surface area contributed by atoms with Gasteiger partial charge in [-0.1, -0.05) is 108 Å². The molecule has 0 radical (unpaired) electrons. The lowest BCUT2D eigenvalue weighted by Crippen LogP contribution is -2.15. The number of benzene rings is 4. The molecule has 0 atom stereocenters. The van der Waals surface area contributed by atoms with Gasteiger partial charge >= 0.3 is 0 Å². The van der Waals surface area contributed by atoms with Gasteiger partial charge in [0.1, 0.15) is 0 Å². The van der Waals surface area contributed by atoms with Crippen LogP contribution < -0.4 is 4.90 Å². The summed E-state index contributed by atoms with van der Waals surface area (Å²) in [6, 6.07) is 33.3. The molecular formula is C29H25NOS2. The molecule has 0 saturated carbocycles. The number of thioether (sulfide) groups is 2. The fourth-order valence-corrected chi connectivity index (χ4v) is 6.55. The zero-order chi connectivity index (χ0) is 22.8. The maximum Gasteiger partial charge on any atom is 0.192 e. The first-order valence-corrected chi connectivity index (χ1v) is 12.5. The van der Waals surface area contributed by atoms with Gasteiger partial charge in [-0.2, -0.15) is 0 Å². The van der Waals surface area contributed by atoms with Crippen LogP contribution in [-0.4, -0.2) is 19.2 Å². The third kappa shape index (κ3) is 4.60. The van der Waals surface area contributed by atoms with Crippen molar-refractivity contribution in [2.24, 2.45) is 0 Å². The standard InChI is InChI=1S/C29H25NOS2/c1-30(2)24-19-15-22(16-20-24)12-11-21-13-17-23(18-14-21)29(31)32-27-9-5-3-7-25(27)26-8-4-6-10-28(26)33-29/h3-20,31H,1-2H3/b12-11+. The summed E-state index contributed by atoms with van der Waals surface area (Å²) in [5, 5.41) is 11.8. The minimum Gasteiger partial charge on any atom is -0.378 e. The highest BCUT2D eigenvalue weighted by Gasteiger charge is 2.36. The van der Waals surface area contributed by atoms with E-state index in [9.17, 15) is 5.11 Å². The number of anilines is 1. The van der Waals surface area contributed by atoms with E-state index in [1.807, 2.05) is 38.4 Å². The Morgan fingerprint density at radius 1 is 0.636 bits per heavy atom. The number of hydrogen-bond donors (Lipinski definition) is 1. The van der Waals surface area contributed by atoms with E-state index in [4.69, 9.17) is 0 Å². The molecule has 5 rings (SSSR count). The lowest BCUT2D eigenvalue weighted by atomic mass is 10.1. The molecule has 2 nitrogen and oxygen atoms in total. The molecule has 0 spiro atoms. The molecule has 0 amide bonds. The van der Waals surface area contributed by atoms with Crippen molar-refractivity contribution in [3.8, 4) is 11.1 Å². The predicted octanol–water partition coefficient (Wildman–Crippen LogP) is 7.59. The summed E-state index contributed by atoms with van der Waals surface area (Å²) in [4.78, 5) is 4.27. The van der Waals surface area contributed by atoms with Gasteiger partial charge in [0.2, 0.25) is 0 Å². The van der Waals surface area contributed by atoms with Gasteiger partial charge in [0.15, 0.2) is 4.27 Å². The average molecular weight is 468 g/mol. The van der Waals surface area contributed by atoms with Crippen molar-refractivity contribution in [3.05, 3.63) is 114 Å². The van der Waals surface area contributed by atoms with Crippen molar-refractivity contribution >= 4 is 41.4 Å². The quantitative estimate of drug-likeness (QED) is 0.312. The van der Waals surface area contributed by atoms with Crippen LogP contribution in [0, 0.1) is 0 Å². The zero-order valence-electron chi connectivity index (χ0n) is 18.6. The number of aliphatic hydroxyl groups is 1. The van der Waals surface area contributed by atoms with Crippen molar-refractivity contribution in [1.29, 1.82) is 0 Å². The first kappa shape index (κ1) is 21.9. The van der Waals surface area contributed by atoms with Gasteiger partial charge in [-0.15, -0.1) is 0 Å². The summed E-state index contributed by atoms with van der Waals surface area (Å²) in [6.07, 6.45) is 4.22. The first-order chi connectivity index (χ1) is 16.0. The highest BCUT2D eigenvalue weighted by molar-refractivity contribution is 8.17. The van der Waals surface area contributed by atoms with Crippen molar-refractivity contribution in [1.82, 2.24) is 0 Å². The van der Waals surface area contributed by atoms with Crippen LogP contribution in [0.2, 0.25) is 0 Å². The smallest absolute Gasteiger partial charge is 0.192 e. The molecule has 0 bridgehead atoms. The molecule has 0 saturated heterocycles. The molecule has 4 heteroatoms. The van der Waals surface area contributed by atoms with E-state index in [1.54, 1.807) is 0 Å². The van der Waals surface area contributed by atoms with Crippen LogP contribution >= 0.6 is 23.5 Å². The Morgan fingerprint density at radius 2 is 1.09 bits per heavy atom. The van der Waals surface area contributed by atoms with Crippen LogP contribution in [0.1, 0.15) is 16.7 Å². The van der Waals surface area contributed by atoms with E-state index in [0.717, 1.165) is 26.5 Å². The number of fused-ring (bicyclic) bond motifs is 3. The maximum atomic E-state index is 11.8. The Labute approximate surface area is 204 Å². The Bertz CT molecular complexity index is 1250. The number of rotatable bonds is 4. The van der Waals surface area contributed by atoms with Crippen molar-refractivity contribution in [2.75, 3.05) is 19.0 Å². The Morgan fingerprint density at radius 3 is 1.58 bits per heavy atom. The molecule has 1 heterocycles. The van der Waals surface area contributed by atoms with Crippen molar-refractivity contribution < 1.29 is 5.11 Å². The molecule has 1 aliphatic heterocycles. The van der Waals surface area contributed by atoms with E-state index < -0.39 is 4.27 Å². The predicted molar refractivity (Wildman–Crippen MR) is 144 cm³/mol. The highest BCUT2D eigenvalue weighted by atomic mass is 32.2. The lowest BCUT2D eigenvalue weighted by molar-refractivity contribution is 0.234. The molecular weight excluding hydrogens is 442 g/mol. The molecule has 0 unspecified atom stereocenters. The van der Waals surface area contributed by atoms with Crippen molar-refractivity contribution in [3.63, 3.8) is 0 Å². The summed E-state index contributed by atoms with van der Waals surface area (Å²) in [5.41, 5.74) is 6.67. The Balaban J connectivity index is 1.42. The van der Waals surface area contributed by atoms with E-state index in [0.29, 0.717) is 0 Å². The summed E-state index contributed by atoms with van der Waals surface area (Å²) in [6.45, 7) is 0. The molecule has 4 aromatic rings. The molecule has 33 heavy (non-hydrogen) atoms. The molecule has 1 aliphatic rings. The Kier molecular flexibility index (Phi) is 6.07. The van der Waals surface area contributed by atoms with Gasteiger partial charge in [-0.3, -0.25) is 0 Å². The largest absolute Gasteiger partial charge is 0.378 e. The summed E-state index contributed by atoms with van der Waals surface area (Å²) in [5.74, 6) is 0. The van der Waals surface area contributed by atoms with Gasteiger partial charge in [-0.25, -0.2) is 0 Å². The minimum atomic E-state index is -1.10. The molecule has 4 aromatic carbocycles. The van der Waals surface area contributed by atoms with Crippen LogP contribution in [0.3, 0.4) is 0 Å². The van der Waals surface area contributed by atoms with Crippen LogP contribution in [-0.2, 0) is 4.27 Å². The lowest BCUT2D eigenvalue weighted by Gasteiger charge is -2.26. The van der Waals surface area contributed by atoms with Gasteiger partial charge in [0, 0.05) is 35.1 Å². The Hall–Kier alpha value is -2.92. The second-order valence-corrected chi connectivity index (χ2v) is 10.9. The topological polar surface area (TPSA) is 23.5 Å². The second-order valence-electron chi connectivity index (χ2n) is 8.22. The summed E-state index contributed by atoms with van der Waals surface area (Å²) < 4.78 is -1.10. The molecule has 0 aliphatic carbocycles. The van der Waals surface area contributed by atoms with Crippen LogP contribution in [0.25, 0.3) is 23.3 Å². The van der Waals surface area contributed by atoms with E-state index >= 15 is 0 Å². The van der Waals surface area contributed by atoms with Gasteiger partial charge in [-0.05, 0) is 46.5 Å². The monoisotopic (exact) mass is 467 g/mol. The SMILES string of the molecule is CN(C)c1ccc(/C=C/c2ccc(C3(O)Sc4ccccc4-c4ccccc4S3)cc2)cc1. The van der Waals surface area contributed by atoms with Crippen LogP contribution in [0.5, 0.6) is 0 Å². The minimum absolute atomic E-state index is 0.886. The van der Waals surface area contributed by atoms with Gasteiger partial charge in [0.05, 0.1) is 0 Å². The zero-order valence-corrected chi connectivity index (χ0v) is 20.2. The van der Waals surface area contributed by atoms with Gasteiger partial charge in [0.25, 0.3) is 0 Å². The molecule has 0 aromatic heterocycles. The fourth-order valence-electron chi connectivity index (χ4n) is 3.87. The average Bonchev–Trinajstić information content (AvgIpc) is 2.97. The van der Waals surface area contributed by atoms with E-state index in [-0.39, 0.29) is 0 Å². The van der Waals surface area contributed by atoms with E-state index in [2.05, 4.69) is 89.8 Å². The van der Waals surface area contributed by atoms with Gasteiger partial charge < -0.3 is 10.0 Å². The summed E-state index contributed by atoms with van der Waals surface area (Å²) in [7, 11) is 4.09. The van der Waals surface area contributed by atoms with Crippen LogP contribution in [0.15, 0.2) is 107 Å².